The van der Waals surface area contributed by atoms with Gasteiger partial charge in [-0.15, -0.1) is 0 Å². The number of anilines is 1. The van der Waals surface area contributed by atoms with Crippen LogP contribution < -0.4 is 5.32 Å². The van der Waals surface area contributed by atoms with Gasteiger partial charge < -0.3 is 29.2 Å². The maximum absolute atomic E-state index is 12.6. The highest BCUT2D eigenvalue weighted by molar-refractivity contribution is 5.99. The first-order chi connectivity index (χ1) is 13.5. The Kier molecular flexibility index (Phi) is 6.15. The van der Waals surface area contributed by atoms with Gasteiger partial charge in [0.15, 0.2) is 5.79 Å². The molecule has 0 saturated carbocycles. The summed E-state index contributed by atoms with van der Waals surface area (Å²) >= 11 is 0. The summed E-state index contributed by atoms with van der Waals surface area (Å²) in [5, 5.41) is 2.73. The molecule has 0 atom stereocenters. The largest absolute Gasteiger partial charge is 0.465 e. The molecular weight excluding hydrogens is 368 g/mol. The van der Waals surface area contributed by atoms with E-state index in [1.54, 1.807) is 4.90 Å². The molecule has 1 N–H and O–H groups in total. The normalized spacial score (nSPS) is 18.4. The van der Waals surface area contributed by atoms with Crippen molar-refractivity contribution in [3.63, 3.8) is 0 Å². The topological polar surface area (TPSA) is 103 Å². The molecule has 2 amide bonds. The second-order valence-corrected chi connectivity index (χ2v) is 6.66. The Balaban J connectivity index is 1.69. The van der Waals surface area contributed by atoms with Crippen molar-refractivity contribution >= 4 is 23.7 Å². The lowest BCUT2D eigenvalue weighted by Gasteiger charge is -2.43. The van der Waals surface area contributed by atoms with Crippen LogP contribution in [-0.4, -0.2) is 69.2 Å². The summed E-state index contributed by atoms with van der Waals surface area (Å²) in [5.74, 6) is -1.82. The third kappa shape index (κ3) is 4.42. The van der Waals surface area contributed by atoms with Gasteiger partial charge in [0.25, 0.3) is 0 Å². The molecule has 1 aromatic rings. The lowest BCUT2D eigenvalue weighted by molar-refractivity contribution is -0.281. The standard InChI is InChI=1S/C19H24N2O7/c1-25-16(22)13-10-14(17(23)26-2)12-15(11-13)20-18(24)21-6-4-19(5-7-21)27-8-3-9-28-19/h10-12H,3-9H2,1-2H3,(H,20,24). The second-order valence-electron chi connectivity index (χ2n) is 6.66. The number of rotatable bonds is 3. The minimum atomic E-state index is -0.618. The van der Waals surface area contributed by atoms with Gasteiger partial charge in [-0.25, -0.2) is 14.4 Å². The van der Waals surface area contributed by atoms with Crippen molar-refractivity contribution in [3.8, 4) is 0 Å². The summed E-state index contributed by atoms with van der Waals surface area (Å²) in [4.78, 5) is 38.0. The van der Waals surface area contributed by atoms with E-state index in [9.17, 15) is 14.4 Å². The highest BCUT2D eigenvalue weighted by Crippen LogP contribution is 2.31. The van der Waals surface area contributed by atoms with E-state index >= 15 is 0 Å². The van der Waals surface area contributed by atoms with Crippen LogP contribution in [0.4, 0.5) is 10.5 Å². The summed E-state index contributed by atoms with van der Waals surface area (Å²) < 4.78 is 21.0. The Morgan fingerprint density at radius 3 is 2.00 bits per heavy atom. The number of hydrogen-bond acceptors (Lipinski definition) is 7. The van der Waals surface area contributed by atoms with Crippen LogP contribution in [0.2, 0.25) is 0 Å². The van der Waals surface area contributed by atoms with E-state index in [2.05, 4.69) is 5.32 Å². The van der Waals surface area contributed by atoms with Gasteiger partial charge >= 0.3 is 18.0 Å². The SMILES string of the molecule is COC(=O)c1cc(NC(=O)N2CCC3(CC2)OCCCO3)cc(C(=O)OC)c1. The maximum atomic E-state index is 12.6. The minimum Gasteiger partial charge on any atom is -0.465 e. The van der Waals surface area contributed by atoms with Gasteiger partial charge in [0, 0.05) is 31.6 Å². The molecule has 2 aliphatic heterocycles. The fourth-order valence-corrected chi connectivity index (χ4v) is 3.33. The van der Waals surface area contributed by atoms with Crippen LogP contribution in [0.25, 0.3) is 0 Å². The molecule has 0 aromatic heterocycles. The zero-order valence-electron chi connectivity index (χ0n) is 16.0. The number of methoxy groups -OCH3 is 2. The molecule has 28 heavy (non-hydrogen) atoms. The van der Waals surface area contributed by atoms with Crippen LogP contribution in [-0.2, 0) is 18.9 Å². The van der Waals surface area contributed by atoms with Crippen molar-refractivity contribution in [1.82, 2.24) is 4.90 Å². The third-order valence-corrected chi connectivity index (χ3v) is 4.86. The summed E-state index contributed by atoms with van der Waals surface area (Å²) in [6, 6.07) is 3.93. The van der Waals surface area contributed by atoms with Gasteiger partial charge in [-0.1, -0.05) is 0 Å². The quantitative estimate of drug-likeness (QED) is 0.785. The minimum absolute atomic E-state index is 0.141. The van der Waals surface area contributed by atoms with Crippen molar-refractivity contribution < 1.29 is 33.3 Å². The van der Waals surface area contributed by atoms with Crippen molar-refractivity contribution in [1.29, 1.82) is 0 Å². The first-order valence-electron chi connectivity index (χ1n) is 9.12. The average molecular weight is 392 g/mol. The number of nitrogens with zero attached hydrogens (tertiary/aromatic N) is 1. The lowest BCUT2D eigenvalue weighted by Crippen LogP contribution is -2.52. The first-order valence-corrected chi connectivity index (χ1v) is 9.12. The van der Waals surface area contributed by atoms with Crippen LogP contribution in [0.15, 0.2) is 18.2 Å². The molecule has 0 unspecified atom stereocenters. The number of carbonyl (C=O) groups excluding carboxylic acids is 3. The van der Waals surface area contributed by atoms with E-state index in [1.165, 1.54) is 32.4 Å². The van der Waals surface area contributed by atoms with Gasteiger partial charge in [0.2, 0.25) is 0 Å². The predicted molar refractivity (Wildman–Crippen MR) is 98.2 cm³/mol. The fraction of sp³-hybridized carbons (Fsp3) is 0.526. The Labute approximate surface area is 162 Å². The second kappa shape index (κ2) is 8.57. The molecule has 9 nitrogen and oxygen atoms in total. The van der Waals surface area contributed by atoms with Crippen molar-refractivity contribution in [2.75, 3.05) is 45.8 Å². The summed E-state index contributed by atoms with van der Waals surface area (Å²) in [7, 11) is 2.48. The average Bonchev–Trinajstić information content (AvgIpc) is 2.73. The number of benzene rings is 1. The van der Waals surface area contributed by atoms with E-state index in [0.29, 0.717) is 44.8 Å². The number of nitrogens with one attached hydrogen (secondary N) is 1. The molecule has 0 radical (unpaired) electrons. The predicted octanol–water partition coefficient (Wildman–Crippen LogP) is 2.02. The Hall–Kier alpha value is -2.65. The van der Waals surface area contributed by atoms with Gasteiger partial charge in [-0.3, -0.25) is 0 Å². The monoisotopic (exact) mass is 392 g/mol. The molecule has 2 aliphatic rings. The molecule has 1 spiro atoms. The Morgan fingerprint density at radius 2 is 1.50 bits per heavy atom. The van der Waals surface area contributed by atoms with E-state index in [4.69, 9.17) is 18.9 Å². The zero-order valence-corrected chi connectivity index (χ0v) is 16.0. The van der Waals surface area contributed by atoms with E-state index in [1.807, 2.05) is 0 Å². The van der Waals surface area contributed by atoms with Gasteiger partial charge in [0.05, 0.1) is 38.6 Å². The van der Waals surface area contributed by atoms with E-state index in [-0.39, 0.29) is 17.2 Å². The van der Waals surface area contributed by atoms with Crippen molar-refractivity contribution in [3.05, 3.63) is 29.3 Å². The summed E-state index contributed by atoms with van der Waals surface area (Å²) in [6.45, 7) is 2.30. The van der Waals surface area contributed by atoms with Crippen molar-refractivity contribution in [2.24, 2.45) is 0 Å². The number of amides is 2. The number of ether oxygens (including phenoxy) is 4. The van der Waals surface area contributed by atoms with Crippen LogP contribution in [0, 0.1) is 0 Å². The first kappa shape index (κ1) is 20.1. The molecule has 0 aliphatic carbocycles. The van der Waals surface area contributed by atoms with Crippen LogP contribution in [0.5, 0.6) is 0 Å². The van der Waals surface area contributed by atoms with Crippen LogP contribution in [0.3, 0.4) is 0 Å². The number of carbonyl (C=O) groups is 3. The number of piperidine rings is 1. The number of esters is 2. The molecule has 1 aromatic carbocycles. The summed E-state index contributed by atoms with van der Waals surface area (Å²) in [6.07, 6.45) is 2.07. The zero-order chi connectivity index (χ0) is 20.1. The molecular formula is C19H24N2O7. The number of urea groups is 1. The van der Waals surface area contributed by atoms with Gasteiger partial charge in [0.1, 0.15) is 0 Å². The smallest absolute Gasteiger partial charge is 0.337 e. The number of hydrogen-bond donors (Lipinski definition) is 1. The number of likely N-dealkylation sites (tertiary alicyclic amines) is 1. The van der Waals surface area contributed by atoms with Crippen LogP contribution >= 0.6 is 0 Å². The molecule has 9 heteroatoms. The molecule has 2 fully saturated rings. The Morgan fingerprint density at radius 1 is 0.964 bits per heavy atom. The third-order valence-electron chi connectivity index (χ3n) is 4.86. The lowest BCUT2D eigenvalue weighted by atomic mass is 10.0. The van der Waals surface area contributed by atoms with Crippen LogP contribution in [0.1, 0.15) is 40.0 Å². The van der Waals surface area contributed by atoms with E-state index < -0.39 is 17.7 Å². The van der Waals surface area contributed by atoms with Crippen molar-refractivity contribution in [2.45, 2.75) is 25.0 Å². The van der Waals surface area contributed by atoms with E-state index in [0.717, 1.165) is 6.42 Å². The fourth-order valence-electron chi connectivity index (χ4n) is 3.33. The highest BCUT2D eigenvalue weighted by atomic mass is 16.7. The summed E-state index contributed by atoms with van der Waals surface area (Å²) in [5.41, 5.74) is 0.586. The molecule has 2 heterocycles. The van der Waals surface area contributed by atoms with Gasteiger partial charge in [-0.05, 0) is 24.6 Å². The Bertz CT molecular complexity index is 714. The molecule has 0 bridgehead atoms. The molecule has 3 rings (SSSR count). The maximum Gasteiger partial charge on any atom is 0.337 e. The van der Waals surface area contributed by atoms with Gasteiger partial charge in [-0.2, -0.15) is 0 Å². The molecule has 152 valence electrons. The molecule has 2 saturated heterocycles. The highest BCUT2D eigenvalue weighted by Gasteiger charge is 2.39.